The van der Waals surface area contributed by atoms with E-state index in [0.717, 1.165) is 28.1 Å². The molecule has 0 heterocycles. The van der Waals surface area contributed by atoms with Crippen molar-refractivity contribution in [1.29, 1.82) is 0 Å². The number of hydrogen-bond acceptors (Lipinski definition) is 2. The maximum atomic E-state index is 2.58. The van der Waals surface area contributed by atoms with Crippen molar-refractivity contribution in [3.8, 4) is 22.3 Å². The number of aryl methyl sites for hydroxylation is 12. The number of benzene rings is 10. The van der Waals surface area contributed by atoms with Gasteiger partial charge in [0.05, 0.1) is 11.1 Å². The van der Waals surface area contributed by atoms with E-state index in [-0.39, 0.29) is 0 Å². The molecule has 10 rings (SSSR count). The second-order valence-electron chi connectivity index (χ2n) is 21.3. The van der Waals surface area contributed by atoms with Crippen molar-refractivity contribution in [2.24, 2.45) is 0 Å². The molecular weight excluding hydrogens is 905 g/mol. The second-order valence-corrected chi connectivity index (χ2v) is 21.3. The lowest BCUT2D eigenvalue weighted by Crippen LogP contribution is -2.33. The Hall–Kier alpha value is -8.20. The molecule has 0 saturated heterocycles. The maximum absolute atomic E-state index is 2.58. The molecule has 0 radical (unpaired) electrons. The van der Waals surface area contributed by atoms with Crippen LogP contribution in [0.1, 0.15) is 89.0 Å². The molecule has 0 aliphatic rings. The van der Waals surface area contributed by atoms with E-state index in [0.29, 0.717) is 0 Å². The molecule has 10 aromatic carbocycles. The second kappa shape index (κ2) is 20.6. The largest absolute Gasteiger partial charge is 0.310 e. The minimum Gasteiger partial charge on any atom is -0.310 e. The zero-order valence-corrected chi connectivity index (χ0v) is 46.0. The predicted molar refractivity (Wildman–Crippen MR) is 322 cm³/mol. The lowest BCUT2D eigenvalue weighted by Gasteiger charge is -2.41. The molecule has 2 nitrogen and oxygen atoms in total. The van der Waals surface area contributed by atoms with Crippen molar-refractivity contribution in [3.63, 3.8) is 0 Å². The predicted octanol–water partition coefficient (Wildman–Crippen LogP) is 20.0. The van der Waals surface area contributed by atoms with Gasteiger partial charge < -0.3 is 9.80 Å². The summed E-state index contributed by atoms with van der Waals surface area (Å²) in [5.41, 5.74) is 30.8. The van der Waals surface area contributed by atoms with Crippen molar-refractivity contribution in [2.45, 2.75) is 88.5 Å². The van der Waals surface area contributed by atoms with Gasteiger partial charge in [0.15, 0.2) is 0 Å². The first kappa shape index (κ1) is 50.3. The fourth-order valence-electron chi connectivity index (χ4n) is 11.5. The van der Waals surface area contributed by atoms with E-state index in [4.69, 9.17) is 0 Å². The summed E-state index contributed by atoms with van der Waals surface area (Å²) in [7, 11) is 0. The van der Waals surface area contributed by atoms with Gasteiger partial charge in [-0.05, 0) is 237 Å². The molecule has 0 bridgehead atoms. The lowest BCUT2D eigenvalue weighted by atomic mass is 9.64. The molecule has 75 heavy (non-hydrogen) atoms. The molecule has 0 aliphatic heterocycles. The third-order valence-electron chi connectivity index (χ3n) is 16.1. The molecule has 0 aromatic heterocycles. The molecule has 0 spiro atoms. The van der Waals surface area contributed by atoms with Crippen LogP contribution in [0, 0.1) is 83.1 Å². The molecule has 0 aliphatic carbocycles. The third kappa shape index (κ3) is 9.40. The van der Waals surface area contributed by atoms with Gasteiger partial charge in [0.25, 0.3) is 0 Å². The summed E-state index contributed by atoms with van der Waals surface area (Å²) in [5.74, 6) is 0. The molecule has 0 fully saturated rings. The Morgan fingerprint density at radius 2 is 0.560 bits per heavy atom. The topological polar surface area (TPSA) is 6.48 Å². The Morgan fingerprint density at radius 1 is 0.227 bits per heavy atom. The average molecular weight is 975 g/mol. The van der Waals surface area contributed by atoms with Gasteiger partial charge in [-0.3, -0.25) is 0 Å². The molecular formula is C73H70N2. The third-order valence-corrected chi connectivity index (χ3v) is 16.1. The summed E-state index contributed by atoms with van der Waals surface area (Å²) in [5, 5.41) is 0. The Morgan fingerprint density at radius 3 is 1.00 bits per heavy atom. The minimum absolute atomic E-state index is 0.772. The van der Waals surface area contributed by atoms with E-state index in [1.54, 1.807) is 0 Å². The summed E-state index contributed by atoms with van der Waals surface area (Å²) in [6, 6.07) is 77.9. The van der Waals surface area contributed by atoms with Crippen LogP contribution in [0.3, 0.4) is 0 Å². The zero-order valence-electron chi connectivity index (χ0n) is 46.0. The fraction of sp³-hybridized carbons (Fsp3) is 0.178. The van der Waals surface area contributed by atoms with E-state index in [1.165, 1.54) is 117 Å². The summed E-state index contributed by atoms with van der Waals surface area (Å²) in [4.78, 5) is 5.05. The standard InChI is InChI=1S/C73H70N2/c1-47-37-55(9)68(41-51(47)5)74(69-42-52(6)48(2)38-56(69)10)66-30-22-25-61(45-66)60-31-34-65(35-32-60)73(63-26-18-14-19-27-63,64-28-20-15-21-29-64)67-36-33-62(59-23-16-13-17-24-59)46-72(67)75(70-43-53(7)49(3)39-57(70)11)71-44-54(8)50(4)40-58(71)12/h13-46H,1-12H3. The summed E-state index contributed by atoms with van der Waals surface area (Å²) < 4.78 is 0. The van der Waals surface area contributed by atoms with Crippen LogP contribution in [0.15, 0.2) is 206 Å². The van der Waals surface area contributed by atoms with Crippen LogP contribution in [0.4, 0.5) is 34.1 Å². The smallest absolute Gasteiger partial charge is 0.0722 e. The van der Waals surface area contributed by atoms with Crippen LogP contribution < -0.4 is 9.80 Å². The van der Waals surface area contributed by atoms with Gasteiger partial charge in [-0.15, -0.1) is 0 Å². The molecule has 0 N–H and O–H groups in total. The average Bonchev–Trinajstić information content (AvgIpc) is 3.45. The summed E-state index contributed by atoms with van der Waals surface area (Å²) in [6.45, 7) is 26.8. The quantitative estimate of drug-likeness (QED) is 0.113. The minimum atomic E-state index is -0.772. The monoisotopic (exact) mass is 975 g/mol. The first-order valence-corrected chi connectivity index (χ1v) is 26.6. The SMILES string of the molecule is Cc1cc(C)c(N(c2cccc(-c3ccc(C(c4ccccc4)(c4ccccc4)c4ccc(-c5ccccc5)cc4N(c4cc(C)c(C)cc4C)c4cc(C)c(C)cc4C)cc3)c2)c2cc(C)c(C)cc2C)cc1C. The van der Waals surface area contributed by atoms with Gasteiger partial charge in [0.2, 0.25) is 0 Å². The van der Waals surface area contributed by atoms with Gasteiger partial charge in [-0.1, -0.05) is 164 Å². The molecule has 372 valence electrons. The lowest BCUT2D eigenvalue weighted by molar-refractivity contribution is 0.745. The molecule has 10 aromatic rings. The van der Waals surface area contributed by atoms with Crippen LogP contribution in [-0.4, -0.2) is 0 Å². The fourth-order valence-corrected chi connectivity index (χ4v) is 11.5. The highest BCUT2D eigenvalue weighted by molar-refractivity contribution is 5.88. The molecule has 0 atom stereocenters. The zero-order chi connectivity index (χ0) is 52.7. The Kier molecular flexibility index (Phi) is 13.8. The van der Waals surface area contributed by atoms with E-state index in [1.807, 2.05) is 0 Å². The Balaban J connectivity index is 1.24. The van der Waals surface area contributed by atoms with E-state index in [2.05, 4.69) is 299 Å². The first-order valence-electron chi connectivity index (χ1n) is 26.6. The number of nitrogens with zero attached hydrogens (tertiary/aromatic N) is 2. The summed E-state index contributed by atoms with van der Waals surface area (Å²) in [6.07, 6.45) is 0. The van der Waals surface area contributed by atoms with Gasteiger partial charge >= 0.3 is 0 Å². The van der Waals surface area contributed by atoms with Gasteiger partial charge in [-0.25, -0.2) is 0 Å². The van der Waals surface area contributed by atoms with Crippen molar-refractivity contribution in [3.05, 3.63) is 295 Å². The molecule has 0 unspecified atom stereocenters. The van der Waals surface area contributed by atoms with Crippen molar-refractivity contribution < 1.29 is 0 Å². The Bertz CT molecular complexity index is 3560. The van der Waals surface area contributed by atoms with E-state index >= 15 is 0 Å². The highest BCUT2D eigenvalue weighted by Crippen LogP contribution is 2.53. The van der Waals surface area contributed by atoms with Crippen molar-refractivity contribution >= 4 is 34.1 Å². The first-order chi connectivity index (χ1) is 36.1. The van der Waals surface area contributed by atoms with Crippen LogP contribution >= 0.6 is 0 Å². The number of anilines is 6. The molecule has 2 heteroatoms. The molecule has 0 saturated carbocycles. The maximum Gasteiger partial charge on any atom is 0.0722 e. The highest BCUT2D eigenvalue weighted by Gasteiger charge is 2.42. The van der Waals surface area contributed by atoms with Crippen LogP contribution in [0.2, 0.25) is 0 Å². The van der Waals surface area contributed by atoms with Gasteiger partial charge in [-0.2, -0.15) is 0 Å². The number of hydrogen-bond donors (Lipinski definition) is 0. The van der Waals surface area contributed by atoms with Crippen LogP contribution in [-0.2, 0) is 5.41 Å². The van der Waals surface area contributed by atoms with Crippen LogP contribution in [0.5, 0.6) is 0 Å². The summed E-state index contributed by atoms with van der Waals surface area (Å²) >= 11 is 0. The normalized spacial score (nSPS) is 11.5. The number of rotatable bonds is 12. The van der Waals surface area contributed by atoms with E-state index < -0.39 is 5.41 Å². The van der Waals surface area contributed by atoms with Crippen LogP contribution in [0.25, 0.3) is 22.3 Å². The van der Waals surface area contributed by atoms with Gasteiger partial charge in [0, 0.05) is 28.4 Å². The Labute approximate surface area is 447 Å². The van der Waals surface area contributed by atoms with Crippen molar-refractivity contribution in [1.82, 2.24) is 0 Å². The molecule has 0 amide bonds. The van der Waals surface area contributed by atoms with E-state index in [9.17, 15) is 0 Å². The highest BCUT2D eigenvalue weighted by atomic mass is 15.2. The van der Waals surface area contributed by atoms with Crippen molar-refractivity contribution in [2.75, 3.05) is 9.80 Å². The van der Waals surface area contributed by atoms with Gasteiger partial charge in [0.1, 0.15) is 0 Å².